The SMILES string of the molecule is O=P1(c2cccc(-c3ccccc3)c2)c2ccccc2-c2c3c(n(-c4nc(-c5ccccc5)nc(-c5ccccc5)n4)c2-c2ccccc21)CCC=C3. The number of nitrogens with zero attached hydrogens (tertiary/aromatic N) is 4. The lowest BCUT2D eigenvalue weighted by molar-refractivity contribution is 0.592. The van der Waals surface area contributed by atoms with Crippen molar-refractivity contribution in [2.45, 2.75) is 12.8 Å². The molecule has 3 heterocycles. The molecule has 1 aliphatic heterocycles. The van der Waals surface area contributed by atoms with E-state index in [1.807, 2.05) is 109 Å². The fourth-order valence-electron chi connectivity index (χ4n) is 7.96. The molecule has 0 bridgehead atoms. The van der Waals surface area contributed by atoms with Gasteiger partial charge in [-0.05, 0) is 35.6 Å². The van der Waals surface area contributed by atoms with Crippen LogP contribution in [0.1, 0.15) is 17.7 Å². The summed E-state index contributed by atoms with van der Waals surface area (Å²) in [6.45, 7) is 0. The molecular formula is C47H33N4OP. The van der Waals surface area contributed by atoms with E-state index >= 15 is 4.57 Å². The molecule has 0 radical (unpaired) electrons. The van der Waals surface area contributed by atoms with Crippen molar-refractivity contribution in [1.82, 2.24) is 19.5 Å². The minimum Gasteiger partial charge on any atom is -0.309 e. The second-order valence-corrected chi connectivity index (χ2v) is 16.1. The standard InChI is InChI=1S/C47H33N4OP/c52-53(36-24-16-23-35(31-36)32-17-4-1-5-18-32)41-29-14-11-26-38(41)43-37-25-10-13-28-40(37)51(44(43)39-27-12-15-30-42(39)53)47-49-45(33-19-6-2-7-20-33)48-46(50-47)34-21-8-3-9-22-34/h1-12,14-27,29-31H,13,28H2. The van der Waals surface area contributed by atoms with Crippen LogP contribution in [0.3, 0.4) is 0 Å². The predicted octanol–water partition coefficient (Wildman–Crippen LogP) is 9.91. The van der Waals surface area contributed by atoms with E-state index in [1.54, 1.807) is 0 Å². The molecule has 0 saturated heterocycles. The first kappa shape index (κ1) is 31.3. The Balaban J connectivity index is 1.30. The van der Waals surface area contributed by atoms with Gasteiger partial charge >= 0.3 is 0 Å². The van der Waals surface area contributed by atoms with Crippen LogP contribution in [0.4, 0.5) is 0 Å². The van der Waals surface area contributed by atoms with E-state index in [2.05, 4.69) is 71.3 Å². The number of allylic oxidation sites excluding steroid dienone is 1. The number of rotatable bonds is 5. The van der Waals surface area contributed by atoms with Gasteiger partial charge in [0.25, 0.3) is 0 Å². The zero-order valence-electron chi connectivity index (χ0n) is 28.8. The summed E-state index contributed by atoms with van der Waals surface area (Å²) in [6.07, 6.45) is 6.18. The quantitative estimate of drug-likeness (QED) is 0.168. The largest absolute Gasteiger partial charge is 0.309 e. The third kappa shape index (κ3) is 5.08. The van der Waals surface area contributed by atoms with Crippen LogP contribution in [0.15, 0.2) is 170 Å². The Morgan fingerprint density at radius 1 is 0.528 bits per heavy atom. The smallest absolute Gasteiger partial charge is 0.238 e. The normalized spacial score (nSPS) is 15.5. The molecular weight excluding hydrogens is 668 g/mol. The van der Waals surface area contributed by atoms with Crippen LogP contribution < -0.4 is 15.9 Å². The summed E-state index contributed by atoms with van der Waals surface area (Å²) in [5.41, 5.74) is 10.1. The number of fused-ring (bicyclic) bond motifs is 7. The van der Waals surface area contributed by atoms with Crippen molar-refractivity contribution in [2.75, 3.05) is 0 Å². The molecule has 6 aromatic carbocycles. The van der Waals surface area contributed by atoms with Gasteiger partial charge in [0.05, 0.1) is 5.69 Å². The molecule has 6 heteroatoms. The van der Waals surface area contributed by atoms with Gasteiger partial charge < -0.3 is 4.57 Å². The van der Waals surface area contributed by atoms with Crippen molar-refractivity contribution in [1.29, 1.82) is 0 Å². The highest BCUT2D eigenvalue weighted by atomic mass is 31.2. The highest BCUT2D eigenvalue weighted by Crippen LogP contribution is 2.54. The molecule has 53 heavy (non-hydrogen) atoms. The summed E-state index contributed by atoms with van der Waals surface area (Å²) in [5.74, 6) is 1.74. The molecule has 8 aromatic rings. The Labute approximate surface area is 308 Å². The van der Waals surface area contributed by atoms with Gasteiger partial charge in [0.2, 0.25) is 5.95 Å². The van der Waals surface area contributed by atoms with Gasteiger partial charge in [-0.3, -0.25) is 4.57 Å². The van der Waals surface area contributed by atoms with Crippen molar-refractivity contribution in [3.63, 3.8) is 0 Å². The Bertz CT molecular complexity index is 2700. The number of hydrogen-bond donors (Lipinski definition) is 0. The predicted molar refractivity (Wildman–Crippen MR) is 217 cm³/mol. The molecule has 1 atom stereocenters. The lowest BCUT2D eigenvalue weighted by atomic mass is 9.94. The summed E-state index contributed by atoms with van der Waals surface area (Å²) in [4.78, 5) is 15.5. The van der Waals surface area contributed by atoms with E-state index in [1.165, 1.54) is 0 Å². The molecule has 2 aromatic heterocycles. The van der Waals surface area contributed by atoms with E-state index in [4.69, 9.17) is 15.0 Å². The van der Waals surface area contributed by atoms with Gasteiger partial charge in [0, 0.05) is 49.4 Å². The Hall–Kier alpha value is -6.42. The molecule has 0 amide bonds. The lowest BCUT2D eigenvalue weighted by Gasteiger charge is -2.23. The highest BCUT2D eigenvalue weighted by Gasteiger charge is 2.41. The van der Waals surface area contributed by atoms with E-state index in [-0.39, 0.29) is 0 Å². The fraction of sp³-hybridized carbons (Fsp3) is 0.0426. The molecule has 0 spiro atoms. The molecule has 2 aliphatic rings. The minimum atomic E-state index is -3.44. The second-order valence-electron chi connectivity index (χ2n) is 13.4. The van der Waals surface area contributed by atoms with Crippen LogP contribution in [0, 0.1) is 0 Å². The van der Waals surface area contributed by atoms with Gasteiger partial charge in [-0.15, -0.1) is 0 Å². The monoisotopic (exact) mass is 700 g/mol. The van der Waals surface area contributed by atoms with E-state index in [9.17, 15) is 0 Å². The first-order valence-electron chi connectivity index (χ1n) is 18.0. The van der Waals surface area contributed by atoms with Gasteiger partial charge in [0.15, 0.2) is 18.8 Å². The van der Waals surface area contributed by atoms with Gasteiger partial charge in [-0.1, -0.05) is 170 Å². The van der Waals surface area contributed by atoms with Crippen molar-refractivity contribution < 1.29 is 4.57 Å². The van der Waals surface area contributed by atoms with Gasteiger partial charge in [0.1, 0.15) is 0 Å². The summed E-state index contributed by atoms with van der Waals surface area (Å²) in [7, 11) is -3.44. The number of aromatic nitrogens is 4. The highest BCUT2D eigenvalue weighted by molar-refractivity contribution is 7.85. The van der Waals surface area contributed by atoms with Gasteiger partial charge in [-0.2, -0.15) is 9.97 Å². The van der Waals surface area contributed by atoms with Crippen molar-refractivity contribution >= 4 is 29.1 Å². The Kier molecular flexibility index (Phi) is 7.48. The average Bonchev–Trinajstić information content (AvgIpc) is 3.55. The van der Waals surface area contributed by atoms with E-state index in [0.717, 1.165) is 84.7 Å². The first-order valence-corrected chi connectivity index (χ1v) is 19.7. The Morgan fingerprint density at radius 2 is 1.08 bits per heavy atom. The molecule has 0 fully saturated rings. The number of benzene rings is 6. The van der Waals surface area contributed by atoms with Gasteiger partial charge in [-0.25, -0.2) is 4.98 Å². The minimum absolute atomic E-state index is 0.542. The average molecular weight is 701 g/mol. The first-order chi connectivity index (χ1) is 26.2. The van der Waals surface area contributed by atoms with Crippen LogP contribution in [-0.4, -0.2) is 19.5 Å². The summed E-state index contributed by atoms with van der Waals surface area (Å²) in [6, 6.07) is 55.3. The van der Waals surface area contributed by atoms with Crippen molar-refractivity contribution in [3.8, 4) is 62.2 Å². The summed E-state index contributed by atoms with van der Waals surface area (Å²) in [5, 5.41) is 2.44. The van der Waals surface area contributed by atoms with Crippen LogP contribution >= 0.6 is 7.14 Å². The molecule has 252 valence electrons. The Morgan fingerprint density at radius 3 is 1.74 bits per heavy atom. The topological polar surface area (TPSA) is 60.7 Å². The molecule has 5 nitrogen and oxygen atoms in total. The lowest BCUT2D eigenvalue weighted by Crippen LogP contribution is -2.26. The molecule has 0 saturated carbocycles. The van der Waals surface area contributed by atoms with E-state index < -0.39 is 7.14 Å². The van der Waals surface area contributed by atoms with Crippen LogP contribution in [-0.2, 0) is 11.0 Å². The van der Waals surface area contributed by atoms with Crippen LogP contribution in [0.25, 0.3) is 68.3 Å². The maximum atomic E-state index is 16.5. The van der Waals surface area contributed by atoms with Crippen LogP contribution in [0.5, 0.6) is 0 Å². The zero-order valence-corrected chi connectivity index (χ0v) is 29.7. The third-order valence-electron chi connectivity index (χ3n) is 10.4. The van der Waals surface area contributed by atoms with Crippen LogP contribution in [0.2, 0.25) is 0 Å². The summed E-state index contributed by atoms with van der Waals surface area (Å²) >= 11 is 0. The molecule has 1 unspecified atom stereocenters. The van der Waals surface area contributed by atoms with Crippen molar-refractivity contribution in [2.24, 2.45) is 0 Å². The molecule has 10 rings (SSSR count). The zero-order chi connectivity index (χ0) is 35.4. The molecule has 1 aliphatic carbocycles. The maximum absolute atomic E-state index is 16.5. The van der Waals surface area contributed by atoms with E-state index in [0.29, 0.717) is 17.6 Å². The molecule has 0 N–H and O–H groups in total. The second kappa shape index (κ2) is 12.7. The number of hydrogen-bond acceptors (Lipinski definition) is 4. The summed E-state index contributed by atoms with van der Waals surface area (Å²) < 4.78 is 18.7. The fourth-order valence-corrected chi connectivity index (χ4v) is 11.0. The maximum Gasteiger partial charge on any atom is 0.238 e. The van der Waals surface area contributed by atoms with Crippen molar-refractivity contribution in [3.05, 3.63) is 181 Å². The third-order valence-corrected chi connectivity index (χ3v) is 13.5.